The number of benzene rings is 2. The summed E-state index contributed by atoms with van der Waals surface area (Å²) in [6.45, 7) is 0. The van der Waals surface area contributed by atoms with Crippen molar-refractivity contribution >= 4 is 34.7 Å². The van der Waals surface area contributed by atoms with E-state index in [-0.39, 0.29) is 9.89 Å². The number of amides is 1. The molecule has 128 valence electrons. The third-order valence-corrected chi connectivity index (χ3v) is 6.07. The molecule has 1 saturated heterocycles. The lowest BCUT2D eigenvalue weighted by Gasteiger charge is -2.50. The molecule has 2 aromatic carbocycles. The van der Waals surface area contributed by atoms with Gasteiger partial charge in [0.15, 0.2) is 6.23 Å². The van der Waals surface area contributed by atoms with Crippen molar-refractivity contribution in [1.29, 1.82) is 0 Å². The van der Waals surface area contributed by atoms with Crippen molar-refractivity contribution in [2.45, 2.75) is 22.1 Å². The monoisotopic (exact) mass is 449 g/mol. The molecule has 4 rings (SSSR count). The smallest absolute Gasteiger partial charge is 0.412 e. The lowest BCUT2D eigenvalue weighted by Crippen LogP contribution is -2.57. The van der Waals surface area contributed by atoms with Gasteiger partial charge in [0, 0.05) is 0 Å². The molecule has 1 amide bonds. The molecule has 4 atom stereocenters. The first-order valence-corrected chi connectivity index (χ1v) is 9.22. The number of nitrogens with zero attached hydrogens (tertiary/aromatic N) is 1. The molecule has 2 aliphatic rings. The van der Waals surface area contributed by atoms with Crippen molar-refractivity contribution in [2.24, 2.45) is 0 Å². The van der Waals surface area contributed by atoms with Gasteiger partial charge in [-0.25, -0.2) is 4.79 Å². The molecule has 0 spiro atoms. The maximum Gasteiger partial charge on any atom is 0.412 e. The Balaban J connectivity index is 1.93. The number of esters is 1. The highest BCUT2D eigenvalue weighted by Gasteiger charge is 2.54. The van der Waals surface area contributed by atoms with Crippen molar-refractivity contribution in [1.82, 2.24) is 4.90 Å². The molecule has 25 heavy (non-hydrogen) atoms. The Kier molecular flexibility index (Phi) is 4.15. The molecule has 5 nitrogen and oxygen atoms in total. The number of alkyl halides is 1. The normalized spacial score (nSPS) is 27.3. The fourth-order valence-corrected chi connectivity index (χ4v) is 4.77. The number of rotatable bonds is 1. The first-order valence-electron chi connectivity index (χ1n) is 7.98. The third-order valence-electron chi connectivity index (χ3n) is 4.79. The Morgan fingerprint density at radius 1 is 1.08 bits per heavy atom. The average molecular weight is 449 g/mol. The van der Waals surface area contributed by atoms with Gasteiger partial charge in [-0.2, -0.15) is 0 Å². The highest BCUT2D eigenvalue weighted by Crippen LogP contribution is 2.52. The van der Waals surface area contributed by atoms with E-state index in [0.717, 1.165) is 16.7 Å². The summed E-state index contributed by atoms with van der Waals surface area (Å²) in [6.07, 6.45) is -1.15. The van der Waals surface area contributed by atoms with Crippen LogP contribution in [0.15, 0.2) is 54.6 Å². The van der Waals surface area contributed by atoms with Crippen LogP contribution in [0.4, 0.5) is 4.79 Å². The molecule has 0 unspecified atom stereocenters. The van der Waals surface area contributed by atoms with Gasteiger partial charge < -0.3 is 9.47 Å². The number of carbonyl (C=O) groups excluding carboxylic acids is 2. The molecule has 6 heteroatoms. The predicted octanol–water partition coefficient (Wildman–Crippen LogP) is 3.95. The Morgan fingerprint density at radius 3 is 2.40 bits per heavy atom. The molecule has 2 heterocycles. The van der Waals surface area contributed by atoms with Gasteiger partial charge in [0.05, 0.1) is 17.1 Å². The van der Waals surface area contributed by atoms with Crippen molar-refractivity contribution in [3.8, 4) is 0 Å². The van der Waals surface area contributed by atoms with Crippen LogP contribution in [-0.4, -0.2) is 30.3 Å². The van der Waals surface area contributed by atoms with Gasteiger partial charge in [-0.3, -0.25) is 9.69 Å². The van der Waals surface area contributed by atoms with E-state index < -0.39 is 24.3 Å². The van der Waals surface area contributed by atoms with Gasteiger partial charge in [0.1, 0.15) is 5.92 Å². The van der Waals surface area contributed by atoms with Crippen molar-refractivity contribution in [3.05, 3.63) is 71.3 Å². The maximum atomic E-state index is 12.8. The van der Waals surface area contributed by atoms with Crippen LogP contribution in [0.2, 0.25) is 0 Å². The zero-order chi connectivity index (χ0) is 17.6. The first-order chi connectivity index (χ1) is 12.1. The molecule has 0 aromatic heterocycles. The fourth-order valence-electron chi connectivity index (χ4n) is 3.71. The highest BCUT2D eigenvalue weighted by molar-refractivity contribution is 14.1. The summed E-state index contributed by atoms with van der Waals surface area (Å²) in [5.41, 5.74) is 2.88. The molecular formula is C19H16INO4. The lowest BCUT2D eigenvalue weighted by molar-refractivity contribution is -0.178. The zero-order valence-corrected chi connectivity index (χ0v) is 15.6. The van der Waals surface area contributed by atoms with Crippen LogP contribution in [0.5, 0.6) is 0 Å². The second-order valence-electron chi connectivity index (χ2n) is 6.07. The number of hydrogen-bond acceptors (Lipinski definition) is 4. The van der Waals surface area contributed by atoms with E-state index in [2.05, 4.69) is 22.6 Å². The van der Waals surface area contributed by atoms with Gasteiger partial charge in [-0.05, 0) is 16.7 Å². The molecule has 0 aliphatic carbocycles. The van der Waals surface area contributed by atoms with Gasteiger partial charge in [-0.1, -0.05) is 77.2 Å². The largest absolute Gasteiger partial charge is 0.453 e. The fraction of sp³-hybridized carbons (Fsp3) is 0.263. The quantitative estimate of drug-likeness (QED) is 0.376. The van der Waals surface area contributed by atoms with E-state index in [9.17, 15) is 9.59 Å². The molecule has 2 aromatic rings. The third kappa shape index (κ3) is 2.50. The number of halogens is 1. The minimum Gasteiger partial charge on any atom is -0.453 e. The summed E-state index contributed by atoms with van der Waals surface area (Å²) in [7, 11) is 1.35. The summed E-state index contributed by atoms with van der Waals surface area (Å²) in [6, 6.07) is 16.9. The van der Waals surface area contributed by atoms with Crippen LogP contribution in [0, 0.1) is 0 Å². The Hall–Kier alpha value is -2.09. The van der Waals surface area contributed by atoms with Crippen molar-refractivity contribution < 1.29 is 19.1 Å². The van der Waals surface area contributed by atoms with Crippen molar-refractivity contribution in [2.75, 3.05) is 7.11 Å². The molecular weight excluding hydrogens is 433 g/mol. The predicted molar refractivity (Wildman–Crippen MR) is 99.3 cm³/mol. The topological polar surface area (TPSA) is 55.8 Å². The SMILES string of the molecule is COC(=O)N1[C@H]2OC(=O)[C@H](c3ccccc3)[C@@H]1c1ccccc1[C@@H]2I. The zero-order valence-electron chi connectivity index (χ0n) is 13.5. The van der Waals surface area contributed by atoms with Crippen molar-refractivity contribution in [3.63, 3.8) is 0 Å². The van der Waals surface area contributed by atoms with Gasteiger partial charge in [0.25, 0.3) is 0 Å². The van der Waals surface area contributed by atoms with Crippen LogP contribution in [-0.2, 0) is 14.3 Å². The molecule has 1 fully saturated rings. The number of hydrogen-bond donors (Lipinski definition) is 0. The van der Waals surface area contributed by atoms with E-state index in [1.165, 1.54) is 7.11 Å². The summed E-state index contributed by atoms with van der Waals surface area (Å²) >= 11 is 2.22. The second kappa shape index (κ2) is 6.33. The minimum atomic E-state index is -0.666. The highest BCUT2D eigenvalue weighted by atomic mass is 127. The standard InChI is InChI=1S/C19H16INO4/c1-24-19(23)21-16-13-10-6-5-9-12(13)15(20)17(21)25-18(22)14(16)11-7-3-2-4-8-11/h2-10,14-17H,1H3/t14-,15+,16+,17+/m1/s1. The second-order valence-corrected chi connectivity index (χ2v) is 7.41. The summed E-state index contributed by atoms with van der Waals surface area (Å²) in [5, 5.41) is 0. The van der Waals surface area contributed by atoms with E-state index in [0.29, 0.717) is 0 Å². The summed E-state index contributed by atoms with van der Waals surface area (Å²) in [5.74, 6) is -0.890. The van der Waals surface area contributed by atoms with Crippen LogP contribution in [0.1, 0.15) is 32.6 Å². The van der Waals surface area contributed by atoms with E-state index >= 15 is 0 Å². The van der Waals surface area contributed by atoms with Crippen LogP contribution >= 0.6 is 22.6 Å². The summed E-state index contributed by atoms with van der Waals surface area (Å²) in [4.78, 5) is 26.9. The average Bonchev–Trinajstić information content (AvgIpc) is 2.66. The lowest BCUT2D eigenvalue weighted by atomic mass is 9.79. The molecule has 2 aliphatic heterocycles. The first kappa shape index (κ1) is 16.4. The number of fused-ring (bicyclic) bond motifs is 4. The van der Waals surface area contributed by atoms with E-state index in [4.69, 9.17) is 9.47 Å². The van der Waals surface area contributed by atoms with Gasteiger partial charge in [0.2, 0.25) is 0 Å². The van der Waals surface area contributed by atoms with E-state index in [1.807, 2.05) is 54.6 Å². The molecule has 2 bridgehead atoms. The molecule has 0 radical (unpaired) electrons. The number of carbonyl (C=O) groups is 2. The Labute approximate surface area is 159 Å². The van der Waals surface area contributed by atoms with E-state index in [1.54, 1.807) is 4.90 Å². The Bertz CT molecular complexity index is 825. The van der Waals surface area contributed by atoms with Crippen LogP contribution < -0.4 is 0 Å². The molecule has 0 saturated carbocycles. The maximum absolute atomic E-state index is 12.8. The number of ether oxygens (including phenoxy) is 2. The molecule has 0 N–H and O–H groups in total. The summed E-state index contributed by atoms with van der Waals surface area (Å²) < 4.78 is 10.6. The number of methoxy groups -OCH3 is 1. The minimum absolute atomic E-state index is 0.148. The van der Waals surface area contributed by atoms with Crippen LogP contribution in [0.3, 0.4) is 0 Å². The Morgan fingerprint density at radius 2 is 1.72 bits per heavy atom. The van der Waals surface area contributed by atoms with Crippen LogP contribution in [0.25, 0.3) is 0 Å². The van der Waals surface area contributed by atoms with Gasteiger partial charge >= 0.3 is 12.1 Å². The van der Waals surface area contributed by atoms with Gasteiger partial charge in [-0.15, -0.1) is 0 Å².